The lowest BCUT2D eigenvalue weighted by Gasteiger charge is -2.07. The van der Waals surface area contributed by atoms with Gasteiger partial charge in [0.25, 0.3) is 5.91 Å². The Balaban J connectivity index is 1.75. The number of hydrogen-bond donors (Lipinski definition) is 1. The van der Waals surface area contributed by atoms with E-state index in [2.05, 4.69) is 10.5 Å². The molecule has 0 unspecified atom stereocenters. The van der Waals surface area contributed by atoms with E-state index >= 15 is 0 Å². The largest absolute Gasteiger partial charge is 0.375 e. The van der Waals surface area contributed by atoms with Crippen molar-refractivity contribution in [3.63, 3.8) is 0 Å². The van der Waals surface area contributed by atoms with Gasteiger partial charge >= 0.3 is 0 Å². The van der Waals surface area contributed by atoms with Gasteiger partial charge in [0.1, 0.15) is 11.5 Å². The van der Waals surface area contributed by atoms with Gasteiger partial charge < -0.3 is 10.1 Å². The second-order valence-corrected chi connectivity index (χ2v) is 5.08. The fourth-order valence-corrected chi connectivity index (χ4v) is 2.06. The smallest absolute Gasteiger partial charge is 0.251 e. The number of ether oxygens (including phenoxy) is 1. The van der Waals surface area contributed by atoms with Crippen LogP contribution in [0.4, 0.5) is 10.1 Å². The van der Waals surface area contributed by atoms with Gasteiger partial charge in [-0.25, -0.2) is 4.39 Å². The first-order valence-electron chi connectivity index (χ1n) is 7.14. The average molecular weight is 316 g/mol. The lowest BCUT2D eigenvalue weighted by molar-refractivity contribution is 0.0900. The molecule has 0 aromatic heterocycles. The summed E-state index contributed by atoms with van der Waals surface area (Å²) in [4.78, 5) is 22.5. The minimum Gasteiger partial charge on any atom is -0.375 e. The van der Waals surface area contributed by atoms with Crippen LogP contribution < -0.4 is 5.32 Å². The number of nitroso groups, excluding NO2 is 1. The summed E-state index contributed by atoms with van der Waals surface area (Å²) in [6, 6.07) is 10.8. The highest BCUT2D eigenvalue weighted by Crippen LogP contribution is 2.16. The molecule has 1 N–H and O–H groups in total. The van der Waals surface area contributed by atoms with Crippen LogP contribution in [0.25, 0.3) is 0 Å². The molecule has 0 bridgehead atoms. The van der Waals surface area contributed by atoms with Crippen molar-refractivity contribution in [2.45, 2.75) is 13.5 Å². The van der Waals surface area contributed by atoms with Crippen LogP contribution in [-0.2, 0) is 11.3 Å². The summed E-state index contributed by atoms with van der Waals surface area (Å²) >= 11 is 0. The van der Waals surface area contributed by atoms with Crippen LogP contribution in [0.1, 0.15) is 21.5 Å². The van der Waals surface area contributed by atoms with Crippen molar-refractivity contribution in [3.8, 4) is 0 Å². The SMILES string of the molecule is Cc1cc(N=O)cc(C(=O)NCCOCc2ccc(F)cc2)c1. The van der Waals surface area contributed by atoms with Crippen LogP contribution in [0.3, 0.4) is 0 Å². The molecule has 1 amide bonds. The molecule has 0 heterocycles. The van der Waals surface area contributed by atoms with Crippen molar-refractivity contribution in [3.05, 3.63) is 69.9 Å². The van der Waals surface area contributed by atoms with E-state index in [1.54, 1.807) is 31.2 Å². The Kier molecular flexibility index (Phi) is 5.94. The predicted octanol–water partition coefficient (Wildman–Crippen LogP) is 3.48. The molecule has 23 heavy (non-hydrogen) atoms. The first kappa shape index (κ1) is 16.8. The summed E-state index contributed by atoms with van der Waals surface area (Å²) in [6.45, 7) is 2.79. The first-order valence-corrected chi connectivity index (χ1v) is 7.14. The number of halogens is 1. The third-order valence-electron chi connectivity index (χ3n) is 3.14. The molecule has 0 spiro atoms. The second kappa shape index (κ2) is 8.14. The summed E-state index contributed by atoms with van der Waals surface area (Å²) < 4.78 is 18.2. The Labute approximate surface area is 133 Å². The molecule has 0 saturated heterocycles. The standard InChI is InChI=1S/C17H17FN2O3/c1-12-8-14(10-16(9-12)20-22)17(21)19-6-7-23-11-13-2-4-15(18)5-3-13/h2-5,8-10H,6-7,11H2,1H3,(H,19,21). The highest BCUT2D eigenvalue weighted by Gasteiger charge is 2.07. The van der Waals surface area contributed by atoms with Crippen LogP contribution >= 0.6 is 0 Å². The fourth-order valence-electron chi connectivity index (χ4n) is 2.06. The molecule has 2 aromatic rings. The van der Waals surface area contributed by atoms with Gasteiger partial charge in [0.15, 0.2) is 0 Å². The maximum absolute atomic E-state index is 12.7. The van der Waals surface area contributed by atoms with E-state index in [1.807, 2.05) is 0 Å². The van der Waals surface area contributed by atoms with Crippen molar-refractivity contribution in [2.24, 2.45) is 5.18 Å². The molecule has 6 heteroatoms. The van der Waals surface area contributed by atoms with Crippen molar-refractivity contribution in [2.75, 3.05) is 13.2 Å². The third kappa shape index (κ3) is 5.27. The van der Waals surface area contributed by atoms with Crippen LogP contribution in [0.5, 0.6) is 0 Å². The number of rotatable bonds is 7. The van der Waals surface area contributed by atoms with Crippen molar-refractivity contribution < 1.29 is 13.9 Å². The zero-order chi connectivity index (χ0) is 16.7. The van der Waals surface area contributed by atoms with Gasteiger partial charge in [-0.1, -0.05) is 12.1 Å². The van der Waals surface area contributed by atoms with Crippen molar-refractivity contribution >= 4 is 11.6 Å². The number of nitrogens with one attached hydrogen (secondary N) is 1. The minimum atomic E-state index is -0.289. The molecular formula is C17H17FN2O3. The molecule has 0 saturated carbocycles. The third-order valence-corrected chi connectivity index (χ3v) is 3.14. The monoisotopic (exact) mass is 316 g/mol. The molecule has 0 fully saturated rings. The van der Waals surface area contributed by atoms with E-state index < -0.39 is 0 Å². The summed E-state index contributed by atoms with van der Waals surface area (Å²) in [5, 5.41) is 5.55. The van der Waals surface area contributed by atoms with Crippen molar-refractivity contribution in [1.82, 2.24) is 5.32 Å². The van der Waals surface area contributed by atoms with Crippen LogP contribution in [0, 0.1) is 17.6 Å². The van der Waals surface area contributed by atoms with Gasteiger partial charge in [0, 0.05) is 12.1 Å². The zero-order valence-electron chi connectivity index (χ0n) is 12.7. The Hall–Kier alpha value is -2.60. The minimum absolute atomic E-state index is 0.225. The second-order valence-electron chi connectivity index (χ2n) is 5.08. The lowest BCUT2D eigenvalue weighted by atomic mass is 10.1. The van der Waals surface area contributed by atoms with Crippen LogP contribution in [-0.4, -0.2) is 19.1 Å². The zero-order valence-corrected chi connectivity index (χ0v) is 12.7. The molecule has 0 aliphatic rings. The topological polar surface area (TPSA) is 67.8 Å². The molecule has 5 nitrogen and oxygen atoms in total. The highest BCUT2D eigenvalue weighted by atomic mass is 19.1. The van der Waals surface area contributed by atoms with E-state index in [9.17, 15) is 14.1 Å². The number of carbonyl (C=O) groups excluding carboxylic acids is 1. The highest BCUT2D eigenvalue weighted by molar-refractivity contribution is 5.95. The molecule has 120 valence electrons. The van der Waals surface area contributed by atoms with Gasteiger partial charge in [-0.2, -0.15) is 0 Å². The van der Waals surface area contributed by atoms with Gasteiger partial charge in [-0.15, -0.1) is 4.91 Å². The van der Waals surface area contributed by atoms with E-state index in [4.69, 9.17) is 4.74 Å². The number of amides is 1. The predicted molar refractivity (Wildman–Crippen MR) is 85.0 cm³/mol. The van der Waals surface area contributed by atoms with Crippen molar-refractivity contribution in [1.29, 1.82) is 0 Å². The number of benzene rings is 2. The summed E-state index contributed by atoms with van der Waals surface area (Å²) in [5.41, 5.74) is 2.26. The van der Waals surface area contributed by atoms with E-state index in [-0.39, 0.29) is 17.4 Å². The van der Waals surface area contributed by atoms with Gasteiger partial charge in [-0.05, 0) is 53.6 Å². The Morgan fingerprint density at radius 2 is 1.96 bits per heavy atom. The molecular weight excluding hydrogens is 299 g/mol. The normalized spacial score (nSPS) is 10.3. The summed E-state index contributed by atoms with van der Waals surface area (Å²) in [5.74, 6) is -0.577. The molecule has 0 radical (unpaired) electrons. The number of carbonyl (C=O) groups is 1. The lowest BCUT2D eigenvalue weighted by Crippen LogP contribution is -2.27. The molecule has 0 atom stereocenters. The van der Waals surface area contributed by atoms with E-state index in [0.717, 1.165) is 11.1 Å². The summed E-state index contributed by atoms with van der Waals surface area (Å²) in [6.07, 6.45) is 0. The number of nitrogens with zero attached hydrogens (tertiary/aromatic N) is 1. The molecule has 0 aliphatic heterocycles. The van der Waals surface area contributed by atoms with Gasteiger partial charge in [0.2, 0.25) is 0 Å². The maximum atomic E-state index is 12.7. The van der Waals surface area contributed by atoms with E-state index in [1.165, 1.54) is 18.2 Å². The quantitative estimate of drug-likeness (QED) is 0.628. The number of aryl methyl sites for hydroxylation is 1. The molecule has 2 rings (SSSR count). The molecule has 0 aliphatic carbocycles. The fraction of sp³-hybridized carbons (Fsp3) is 0.235. The van der Waals surface area contributed by atoms with E-state index in [0.29, 0.717) is 25.3 Å². The van der Waals surface area contributed by atoms with Gasteiger partial charge in [-0.3, -0.25) is 4.79 Å². The van der Waals surface area contributed by atoms with Crippen LogP contribution in [0.2, 0.25) is 0 Å². The summed E-state index contributed by atoms with van der Waals surface area (Å²) in [7, 11) is 0. The maximum Gasteiger partial charge on any atom is 0.251 e. The van der Waals surface area contributed by atoms with Crippen LogP contribution in [0.15, 0.2) is 47.6 Å². The Bertz CT molecular complexity index is 687. The first-order chi connectivity index (χ1) is 11.1. The Morgan fingerprint density at radius 3 is 2.65 bits per heavy atom. The Morgan fingerprint density at radius 1 is 1.22 bits per heavy atom. The number of hydrogen-bond acceptors (Lipinski definition) is 4. The average Bonchev–Trinajstić information content (AvgIpc) is 2.55. The van der Waals surface area contributed by atoms with Gasteiger partial charge in [0.05, 0.1) is 13.2 Å². The molecule has 2 aromatic carbocycles.